The molecule has 1 saturated heterocycles. The summed E-state index contributed by atoms with van der Waals surface area (Å²) < 4.78 is 4.89. The van der Waals surface area contributed by atoms with Gasteiger partial charge in [0, 0.05) is 37.0 Å². The Morgan fingerprint density at radius 3 is 2.67 bits per heavy atom. The molecule has 3 heterocycles. The van der Waals surface area contributed by atoms with Crippen LogP contribution in [0, 0.1) is 5.92 Å². The van der Waals surface area contributed by atoms with Crippen LogP contribution in [-0.2, 0) is 22.4 Å². The maximum Gasteiger partial charge on any atom is 0.325 e. The normalized spacial score (nSPS) is 19.3. The lowest BCUT2D eigenvalue weighted by Gasteiger charge is -2.36. The molecule has 8 nitrogen and oxygen atoms in total. The summed E-state index contributed by atoms with van der Waals surface area (Å²) in [5, 5.41) is 3.89. The summed E-state index contributed by atoms with van der Waals surface area (Å²) in [5.41, 5.74) is 1.44. The molecule has 2 aromatic heterocycles. The van der Waals surface area contributed by atoms with Gasteiger partial charge in [-0.05, 0) is 44.1 Å². The number of rotatable bonds is 6. The van der Waals surface area contributed by atoms with Crippen molar-refractivity contribution in [2.24, 2.45) is 5.92 Å². The molecule has 2 amide bonds. The molecule has 9 heteroatoms. The van der Waals surface area contributed by atoms with Gasteiger partial charge in [-0.2, -0.15) is 0 Å². The molecule has 4 rings (SSSR count). The lowest BCUT2D eigenvalue weighted by Crippen LogP contribution is -2.52. The highest BCUT2D eigenvalue weighted by atomic mass is 32.1. The SMILES string of the molecule is CCOC(=O)CNC(=O)N1CCN(c2nc([C@H](C)CC)nc3sc4c(c23)CC[C@@H](C)C4)CC1. The van der Waals surface area contributed by atoms with Crippen molar-refractivity contribution in [3.63, 3.8) is 0 Å². The minimum Gasteiger partial charge on any atom is -0.465 e. The fraction of sp³-hybridized carbons (Fsp3) is 0.667. The number of carbonyl (C=O) groups is 2. The number of aromatic nitrogens is 2. The molecule has 0 radical (unpaired) electrons. The number of piperazine rings is 1. The number of hydrogen-bond acceptors (Lipinski definition) is 7. The number of anilines is 1. The molecule has 1 N–H and O–H groups in total. The molecule has 180 valence electrons. The van der Waals surface area contributed by atoms with Crippen LogP contribution in [0.2, 0.25) is 0 Å². The predicted octanol–water partition coefficient (Wildman–Crippen LogP) is 3.72. The second-order valence-corrected chi connectivity index (χ2v) is 10.3. The Kier molecular flexibility index (Phi) is 7.36. The molecular formula is C24H35N5O3S. The number of fused-ring (bicyclic) bond motifs is 3. The third-order valence-electron chi connectivity index (χ3n) is 6.76. The lowest BCUT2D eigenvalue weighted by atomic mass is 9.89. The molecule has 0 aromatic carbocycles. The molecule has 0 bridgehead atoms. The zero-order valence-corrected chi connectivity index (χ0v) is 21.0. The summed E-state index contributed by atoms with van der Waals surface area (Å²) in [6.07, 6.45) is 4.43. The molecule has 1 fully saturated rings. The third kappa shape index (κ3) is 5.08. The number of esters is 1. The van der Waals surface area contributed by atoms with E-state index < -0.39 is 5.97 Å². The molecule has 0 unspecified atom stereocenters. The Morgan fingerprint density at radius 2 is 1.97 bits per heavy atom. The number of thiophene rings is 1. The highest BCUT2D eigenvalue weighted by Gasteiger charge is 2.29. The fourth-order valence-electron chi connectivity index (χ4n) is 4.56. The first kappa shape index (κ1) is 23.7. The first-order chi connectivity index (χ1) is 15.9. The van der Waals surface area contributed by atoms with Crippen LogP contribution in [0.15, 0.2) is 0 Å². The summed E-state index contributed by atoms with van der Waals surface area (Å²) >= 11 is 1.85. The van der Waals surface area contributed by atoms with Crippen LogP contribution in [-0.4, -0.2) is 66.2 Å². The Bertz CT molecular complexity index is 1020. The largest absolute Gasteiger partial charge is 0.465 e. The van der Waals surface area contributed by atoms with Gasteiger partial charge in [0.25, 0.3) is 0 Å². The molecule has 2 aromatic rings. The average molecular weight is 474 g/mol. The van der Waals surface area contributed by atoms with Gasteiger partial charge in [0.1, 0.15) is 23.0 Å². The van der Waals surface area contributed by atoms with Crippen LogP contribution in [0.5, 0.6) is 0 Å². The summed E-state index contributed by atoms with van der Waals surface area (Å²) in [5.74, 6) is 2.56. The summed E-state index contributed by atoms with van der Waals surface area (Å²) in [6.45, 7) is 11.2. The minimum absolute atomic E-state index is 0.100. The topological polar surface area (TPSA) is 87.7 Å². The van der Waals surface area contributed by atoms with Gasteiger partial charge in [-0.15, -0.1) is 11.3 Å². The number of carbonyl (C=O) groups excluding carboxylic acids is 2. The number of nitrogens with zero attached hydrogens (tertiary/aromatic N) is 4. The first-order valence-electron chi connectivity index (χ1n) is 12.2. The maximum atomic E-state index is 12.5. The van der Waals surface area contributed by atoms with E-state index in [1.165, 1.54) is 22.2 Å². The van der Waals surface area contributed by atoms with Crippen LogP contribution in [0.25, 0.3) is 10.2 Å². The molecule has 33 heavy (non-hydrogen) atoms. The van der Waals surface area contributed by atoms with Crippen molar-refractivity contribution in [3.8, 4) is 0 Å². The number of hydrogen-bond donors (Lipinski definition) is 1. The van der Waals surface area contributed by atoms with E-state index in [2.05, 4.69) is 31.0 Å². The second kappa shape index (κ2) is 10.2. The highest BCUT2D eigenvalue weighted by molar-refractivity contribution is 7.19. The van der Waals surface area contributed by atoms with Gasteiger partial charge in [0.05, 0.1) is 12.0 Å². The van der Waals surface area contributed by atoms with E-state index in [1.54, 1.807) is 11.8 Å². The molecular weight excluding hydrogens is 438 g/mol. The van der Waals surface area contributed by atoms with E-state index in [0.29, 0.717) is 44.6 Å². The average Bonchev–Trinajstić information content (AvgIpc) is 3.19. The predicted molar refractivity (Wildman–Crippen MR) is 131 cm³/mol. The van der Waals surface area contributed by atoms with Gasteiger partial charge in [0.2, 0.25) is 0 Å². The van der Waals surface area contributed by atoms with Crippen molar-refractivity contribution in [1.82, 2.24) is 20.2 Å². The molecule has 0 spiro atoms. The van der Waals surface area contributed by atoms with Crippen molar-refractivity contribution in [2.45, 2.75) is 59.3 Å². The van der Waals surface area contributed by atoms with Crippen LogP contribution < -0.4 is 10.2 Å². The van der Waals surface area contributed by atoms with Crippen molar-refractivity contribution < 1.29 is 14.3 Å². The minimum atomic E-state index is -0.415. The van der Waals surface area contributed by atoms with E-state index in [9.17, 15) is 9.59 Å². The summed E-state index contributed by atoms with van der Waals surface area (Å²) in [6, 6.07) is -0.224. The number of urea groups is 1. The van der Waals surface area contributed by atoms with Gasteiger partial charge in [0.15, 0.2) is 0 Å². The molecule has 1 aliphatic heterocycles. The summed E-state index contributed by atoms with van der Waals surface area (Å²) in [4.78, 5) is 40.8. The van der Waals surface area contributed by atoms with Crippen molar-refractivity contribution in [1.29, 1.82) is 0 Å². The van der Waals surface area contributed by atoms with Crippen LogP contribution in [0.4, 0.5) is 10.6 Å². The van der Waals surface area contributed by atoms with Crippen LogP contribution >= 0.6 is 11.3 Å². The molecule has 1 aliphatic carbocycles. The zero-order chi connectivity index (χ0) is 23.5. The van der Waals surface area contributed by atoms with Crippen LogP contribution in [0.1, 0.15) is 62.7 Å². The number of amides is 2. The molecule has 2 atom stereocenters. The Morgan fingerprint density at radius 1 is 1.21 bits per heavy atom. The van der Waals surface area contributed by atoms with Gasteiger partial charge in [-0.25, -0.2) is 14.8 Å². The third-order valence-corrected chi connectivity index (χ3v) is 7.91. The Balaban J connectivity index is 1.54. The van der Waals surface area contributed by atoms with E-state index in [-0.39, 0.29) is 12.6 Å². The van der Waals surface area contributed by atoms with Crippen molar-refractivity contribution in [2.75, 3.05) is 44.2 Å². The van der Waals surface area contributed by atoms with E-state index in [1.807, 2.05) is 11.3 Å². The molecule has 2 aliphatic rings. The van der Waals surface area contributed by atoms with E-state index in [4.69, 9.17) is 14.7 Å². The fourth-order valence-corrected chi connectivity index (χ4v) is 5.95. The van der Waals surface area contributed by atoms with Gasteiger partial charge < -0.3 is 19.9 Å². The van der Waals surface area contributed by atoms with Gasteiger partial charge >= 0.3 is 12.0 Å². The van der Waals surface area contributed by atoms with Gasteiger partial charge in [-0.1, -0.05) is 20.8 Å². The van der Waals surface area contributed by atoms with E-state index in [0.717, 1.165) is 35.7 Å². The standard InChI is InChI=1S/C24H35N5O3S/c1-5-16(4)21-26-22(20-17-8-7-15(3)13-18(17)33-23(20)27-21)28-9-11-29(12-10-28)24(31)25-14-19(30)32-6-2/h15-16H,5-14H2,1-4H3,(H,25,31)/t15-,16-/m1/s1. The first-order valence-corrected chi connectivity index (χ1v) is 13.0. The highest BCUT2D eigenvalue weighted by Crippen LogP contribution is 2.41. The number of nitrogens with one attached hydrogen (secondary N) is 1. The second-order valence-electron chi connectivity index (χ2n) is 9.18. The number of ether oxygens (including phenoxy) is 1. The smallest absolute Gasteiger partial charge is 0.325 e. The lowest BCUT2D eigenvalue weighted by molar-refractivity contribution is -0.141. The van der Waals surface area contributed by atoms with Gasteiger partial charge in [-0.3, -0.25) is 4.79 Å². The maximum absolute atomic E-state index is 12.5. The zero-order valence-electron chi connectivity index (χ0n) is 20.1. The summed E-state index contributed by atoms with van der Waals surface area (Å²) in [7, 11) is 0. The van der Waals surface area contributed by atoms with Crippen LogP contribution in [0.3, 0.4) is 0 Å². The monoisotopic (exact) mass is 473 g/mol. The van der Waals surface area contributed by atoms with Crippen molar-refractivity contribution in [3.05, 3.63) is 16.3 Å². The quantitative estimate of drug-likeness (QED) is 0.644. The Hall–Kier alpha value is -2.42. The van der Waals surface area contributed by atoms with Crippen molar-refractivity contribution >= 4 is 39.4 Å². The number of aryl methyl sites for hydroxylation is 1. The molecule has 0 saturated carbocycles. The Labute approximate surface area is 199 Å². The van der Waals surface area contributed by atoms with E-state index >= 15 is 0 Å².